The maximum atomic E-state index is 11.4. The van der Waals surface area contributed by atoms with E-state index >= 15 is 0 Å². The number of carbonyl (C=O) groups is 1. The number of hydrogen-bond acceptors (Lipinski definition) is 3. The first-order valence-electron chi connectivity index (χ1n) is 6.57. The van der Waals surface area contributed by atoms with Crippen LogP contribution in [0.15, 0.2) is 30.5 Å². The molecule has 1 aromatic heterocycles. The minimum Gasteiger partial charge on any atom is -0.343 e. The van der Waals surface area contributed by atoms with Crippen molar-refractivity contribution in [2.45, 2.75) is 19.4 Å². The van der Waals surface area contributed by atoms with Gasteiger partial charge in [-0.3, -0.25) is 14.9 Å². The van der Waals surface area contributed by atoms with E-state index in [2.05, 4.69) is 4.57 Å². The van der Waals surface area contributed by atoms with Crippen molar-refractivity contribution in [1.82, 2.24) is 9.47 Å². The molecule has 1 atom stereocenters. The molecule has 0 bridgehead atoms. The maximum absolute atomic E-state index is 11.4. The van der Waals surface area contributed by atoms with Crippen LogP contribution < -0.4 is 0 Å². The topological polar surface area (TPSA) is 68.4 Å². The van der Waals surface area contributed by atoms with E-state index in [1.54, 1.807) is 19.1 Å². The van der Waals surface area contributed by atoms with E-state index in [0.29, 0.717) is 6.54 Å². The van der Waals surface area contributed by atoms with Crippen LogP contribution >= 0.6 is 0 Å². The fraction of sp³-hybridized carbons (Fsp3) is 0.357. The molecule has 0 aliphatic carbocycles. The Labute approximate surface area is 115 Å². The number of non-ortho nitro benzene ring substituents is 1. The predicted octanol–water partition coefficient (Wildman–Crippen LogP) is 2.34. The minimum absolute atomic E-state index is 0.0969. The highest BCUT2D eigenvalue weighted by atomic mass is 16.6. The molecule has 20 heavy (non-hydrogen) atoms. The third-order valence-corrected chi connectivity index (χ3v) is 3.92. The zero-order valence-electron chi connectivity index (χ0n) is 11.2. The van der Waals surface area contributed by atoms with E-state index < -0.39 is 0 Å². The molecule has 1 fully saturated rings. The second kappa shape index (κ2) is 4.63. The number of nitro groups is 1. The SMILES string of the molecule is CC(=O)N1CCC(n2ccc3cc([N+](=O)[O-])ccc32)C1. The van der Waals surface area contributed by atoms with Crippen LogP contribution in [0.25, 0.3) is 10.9 Å². The van der Waals surface area contributed by atoms with Crippen molar-refractivity contribution < 1.29 is 9.72 Å². The average Bonchev–Trinajstić information content (AvgIpc) is 3.03. The van der Waals surface area contributed by atoms with Gasteiger partial charge in [-0.25, -0.2) is 0 Å². The number of benzene rings is 1. The molecule has 0 saturated carbocycles. The van der Waals surface area contributed by atoms with Gasteiger partial charge >= 0.3 is 0 Å². The molecular formula is C14H15N3O3. The van der Waals surface area contributed by atoms with Crippen LogP contribution in [0.3, 0.4) is 0 Å². The molecule has 2 aromatic rings. The molecule has 0 N–H and O–H groups in total. The quantitative estimate of drug-likeness (QED) is 0.623. The molecule has 2 heterocycles. The van der Waals surface area contributed by atoms with Crippen molar-refractivity contribution in [2.24, 2.45) is 0 Å². The lowest BCUT2D eigenvalue weighted by molar-refractivity contribution is -0.384. The van der Waals surface area contributed by atoms with E-state index in [1.165, 1.54) is 6.07 Å². The van der Waals surface area contributed by atoms with Crippen molar-refractivity contribution in [3.63, 3.8) is 0 Å². The Hall–Kier alpha value is -2.37. The highest BCUT2D eigenvalue weighted by molar-refractivity contribution is 5.82. The zero-order chi connectivity index (χ0) is 14.3. The fourth-order valence-electron chi connectivity index (χ4n) is 2.84. The third-order valence-electron chi connectivity index (χ3n) is 3.92. The Balaban J connectivity index is 1.94. The van der Waals surface area contributed by atoms with E-state index in [4.69, 9.17) is 0 Å². The van der Waals surface area contributed by atoms with Crippen molar-refractivity contribution in [1.29, 1.82) is 0 Å². The van der Waals surface area contributed by atoms with Crippen molar-refractivity contribution in [2.75, 3.05) is 13.1 Å². The van der Waals surface area contributed by atoms with Gasteiger partial charge in [0, 0.05) is 49.2 Å². The lowest BCUT2D eigenvalue weighted by Gasteiger charge is -2.16. The van der Waals surface area contributed by atoms with Crippen LogP contribution in [0.1, 0.15) is 19.4 Å². The van der Waals surface area contributed by atoms with Gasteiger partial charge in [-0.15, -0.1) is 0 Å². The van der Waals surface area contributed by atoms with Gasteiger partial charge in [-0.1, -0.05) is 0 Å². The van der Waals surface area contributed by atoms with Gasteiger partial charge in [0.2, 0.25) is 5.91 Å². The van der Waals surface area contributed by atoms with Crippen molar-refractivity contribution in [3.8, 4) is 0 Å². The summed E-state index contributed by atoms with van der Waals surface area (Å²) in [5.74, 6) is 0.0969. The molecule has 3 rings (SSSR count). The average molecular weight is 273 g/mol. The predicted molar refractivity (Wildman–Crippen MR) is 74.5 cm³/mol. The Kier molecular flexibility index (Phi) is 2.93. The van der Waals surface area contributed by atoms with Crippen molar-refractivity contribution >= 4 is 22.5 Å². The maximum Gasteiger partial charge on any atom is 0.270 e. The van der Waals surface area contributed by atoms with E-state index in [1.807, 2.05) is 17.2 Å². The highest BCUT2D eigenvalue weighted by Crippen LogP contribution is 2.29. The van der Waals surface area contributed by atoms with Gasteiger partial charge in [0.05, 0.1) is 11.0 Å². The second-order valence-electron chi connectivity index (χ2n) is 5.13. The molecule has 6 nitrogen and oxygen atoms in total. The molecule has 1 aromatic carbocycles. The molecule has 1 amide bonds. The number of likely N-dealkylation sites (tertiary alicyclic amines) is 1. The summed E-state index contributed by atoms with van der Waals surface area (Å²) in [6, 6.07) is 7.03. The molecule has 1 aliphatic rings. The van der Waals surface area contributed by atoms with Gasteiger partial charge in [0.15, 0.2) is 0 Å². The summed E-state index contributed by atoms with van der Waals surface area (Å²) in [6.45, 7) is 3.06. The van der Waals surface area contributed by atoms with E-state index in [0.717, 1.165) is 23.9 Å². The third kappa shape index (κ3) is 2.03. The molecule has 6 heteroatoms. The van der Waals surface area contributed by atoms with E-state index in [9.17, 15) is 14.9 Å². The highest BCUT2D eigenvalue weighted by Gasteiger charge is 2.26. The fourth-order valence-corrected chi connectivity index (χ4v) is 2.84. The zero-order valence-corrected chi connectivity index (χ0v) is 11.2. The Morgan fingerprint density at radius 2 is 2.20 bits per heavy atom. The van der Waals surface area contributed by atoms with Crippen LogP contribution in [0.4, 0.5) is 5.69 Å². The standard InChI is InChI=1S/C14H15N3O3/c1-10(18)15-6-5-13(9-15)16-7-4-11-8-12(17(19)20)2-3-14(11)16/h2-4,7-8,13H,5-6,9H2,1H3. The minimum atomic E-state index is -0.385. The van der Waals surface area contributed by atoms with Gasteiger partial charge in [-0.05, 0) is 18.6 Å². The normalized spacial score (nSPS) is 18.6. The summed E-state index contributed by atoms with van der Waals surface area (Å²) in [6.07, 6.45) is 2.86. The number of rotatable bonds is 2. The number of nitro benzene ring substituents is 1. The van der Waals surface area contributed by atoms with Crippen LogP contribution in [0.5, 0.6) is 0 Å². The summed E-state index contributed by atoms with van der Waals surface area (Å²) < 4.78 is 2.11. The molecular weight excluding hydrogens is 258 g/mol. The lowest BCUT2D eigenvalue weighted by atomic mass is 10.2. The summed E-state index contributed by atoms with van der Waals surface area (Å²) in [7, 11) is 0. The Bertz CT molecular complexity index is 692. The molecule has 1 saturated heterocycles. The van der Waals surface area contributed by atoms with E-state index in [-0.39, 0.29) is 22.6 Å². The first-order chi connectivity index (χ1) is 9.56. The van der Waals surface area contributed by atoms with Crippen LogP contribution in [0.2, 0.25) is 0 Å². The monoisotopic (exact) mass is 273 g/mol. The number of amides is 1. The van der Waals surface area contributed by atoms with Crippen molar-refractivity contribution in [3.05, 3.63) is 40.6 Å². The number of nitrogens with zero attached hydrogens (tertiary/aromatic N) is 3. The number of hydrogen-bond donors (Lipinski definition) is 0. The summed E-state index contributed by atoms with van der Waals surface area (Å²) in [4.78, 5) is 23.6. The van der Waals surface area contributed by atoms with Gasteiger partial charge in [0.1, 0.15) is 0 Å². The Morgan fingerprint density at radius 1 is 1.40 bits per heavy atom. The first-order valence-corrected chi connectivity index (χ1v) is 6.57. The first kappa shape index (κ1) is 12.7. The molecule has 104 valence electrons. The lowest BCUT2D eigenvalue weighted by Crippen LogP contribution is -2.26. The molecule has 0 spiro atoms. The van der Waals surface area contributed by atoms with Crippen LogP contribution in [-0.2, 0) is 4.79 Å². The number of aromatic nitrogens is 1. The van der Waals surface area contributed by atoms with Gasteiger partial charge in [-0.2, -0.15) is 0 Å². The number of carbonyl (C=O) groups excluding carboxylic acids is 1. The largest absolute Gasteiger partial charge is 0.343 e. The summed E-state index contributed by atoms with van der Waals surface area (Å²) in [5, 5.41) is 11.6. The summed E-state index contributed by atoms with van der Waals surface area (Å²) in [5.41, 5.74) is 1.08. The summed E-state index contributed by atoms with van der Waals surface area (Å²) >= 11 is 0. The molecule has 0 radical (unpaired) electrons. The van der Waals surface area contributed by atoms with Crippen LogP contribution in [0, 0.1) is 10.1 Å². The van der Waals surface area contributed by atoms with Gasteiger partial charge in [0.25, 0.3) is 5.69 Å². The second-order valence-corrected chi connectivity index (χ2v) is 5.13. The smallest absolute Gasteiger partial charge is 0.270 e. The van der Waals surface area contributed by atoms with Crippen LogP contribution in [-0.4, -0.2) is 33.4 Å². The van der Waals surface area contributed by atoms with Gasteiger partial charge < -0.3 is 9.47 Å². The molecule has 1 aliphatic heterocycles. The number of fused-ring (bicyclic) bond motifs is 1. The Morgan fingerprint density at radius 3 is 2.85 bits per heavy atom. The molecule has 1 unspecified atom stereocenters.